The largest absolute Gasteiger partial charge is 0.378 e. The third kappa shape index (κ3) is 4.09. The molecule has 1 saturated heterocycles. The zero-order chi connectivity index (χ0) is 25.6. The first-order valence-electron chi connectivity index (χ1n) is 12.5. The minimum atomic E-state index is -0.540. The van der Waals surface area contributed by atoms with Gasteiger partial charge in [-0.05, 0) is 49.2 Å². The Hall–Kier alpha value is -4.28. The van der Waals surface area contributed by atoms with Crippen molar-refractivity contribution in [1.29, 1.82) is 5.26 Å². The van der Waals surface area contributed by atoms with Gasteiger partial charge in [-0.25, -0.2) is 4.98 Å². The lowest BCUT2D eigenvalue weighted by molar-refractivity contribution is 0.122. The van der Waals surface area contributed by atoms with E-state index in [1.54, 1.807) is 0 Å². The summed E-state index contributed by atoms with van der Waals surface area (Å²) in [6, 6.07) is 21.1. The van der Waals surface area contributed by atoms with Crippen molar-refractivity contribution in [3.8, 4) is 28.5 Å². The van der Waals surface area contributed by atoms with Gasteiger partial charge in [0.1, 0.15) is 11.5 Å². The summed E-state index contributed by atoms with van der Waals surface area (Å²) >= 11 is 0. The Bertz CT molecular complexity index is 1640. The molecule has 2 aromatic carbocycles. The van der Waals surface area contributed by atoms with Crippen molar-refractivity contribution in [3.05, 3.63) is 72.6 Å². The molecule has 1 fully saturated rings. The molecule has 0 unspecified atom stereocenters. The van der Waals surface area contributed by atoms with Crippen LogP contribution in [0.25, 0.3) is 44.2 Å². The van der Waals surface area contributed by atoms with Gasteiger partial charge in [-0.3, -0.25) is 9.67 Å². The highest BCUT2D eigenvalue weighted by molar-refractivity contribution is 6.12. The number of nitrogens with zero attached hydrogens (tertiary/aromatic N) is 6. The molecule has 0 aliphatic carbocycles. The van der Waals surface area contributed by atoms with Crippen LogP contribution in [0.1, 0.15) is 19.4 Å². The van der Waals surface area contributed by atoms with Crippen molar-refractivity contribution in [1.82, 2.24) is 19.7 Å². The van der Waals surface area contributed by atoms with Crippen LogP contribution in [0.5, 0.6) is 0 Å². The topological polar surface area (TPSA) is 79.9 Å². The SMILES string of the molecule is Cn1nc(-c2ccc(C(C)(C)C#N)cc2)c2c3cc(-c4ccc(N5CCOCC5)nc4)ccc3ncc21. The smallest absolute Gasteiger partial charge is 0.128 e. The van der Waals surface area contributed by atoms with Crippen LogP contribution in [-0.2, 0) is 17.2 Å². The first-order valence-corrected chi connectivity index (χ1v) is 12.5. The van der Waals surface area contributed by atoms with Gasteiger partial charge in [0.15, 0.2) is 0 Å². The van der Waals surface area contributed by atoms with E-state index in [1.807, 2.05) is 50.1 Å². The summed E-state index contributed by atoms with van der Waals surface area (Å²) in [5.41, 5.74) is 6.41. The molecule has 0 N–H and O–H groups in total. The molecule has 0 radical (unpaired) electrons. The number of aryl methyl sites for hydroxylation is 1. The first-order chi connectivity index (χ1) is 17.9. The summed E-state index contributed by atoms with van der Waals surface area (Å²) < 4.78 is 7.35. The van der Waals surface area contributed by atoms with Gasteiger partial charge in [0.25, 0.3) is 0 Å². The Morgan fingerprint density at radius 1 is 0.892 bits per heavy atom. The van der Waals surface area contributed by atoms with Crippen molar-refractivity contribution in [3.63, 3.8) is 0 Å². The number of ether oxygens (including phenoxy) is 1. The zero-order valence-corrected chi connectivity index (χ0v) is 21.3. The van der Waals surface area contributed by atoms with Crippen molar-refractivity contribution >= 4 is 27.6 Å². The third-order valence-corrected chi connectivity index (χ3v) is 7.26. The molecule has 7 heteroatoms. The van der Waals surface area contributed by atoms with E-state index in [1.165, 1.54) is 0 Å². The summed E-state index contributed by atoms with van der Waals surface area (Å²) in [7, 11) is 1.95. The fourth-order valence-electron chi connectivity index (χ4n) is 4.96. The maximum absolute atomic E-state index is 9.51. The lowest BCUT2D eigenvalue weighted by atomic mass is 9.86. The Labute approximate surface area is 216 Å². The van der Waals surface area contributed by atoms with E-state index in [9.17, 15) is 5.26 Å². The van der Waals surface area contributed by atoms with E-state index >= 15 is 0 Å². The lowest BCUT2D eigenvalue weighted by Crippen LogP contribution is -2.36. The Balaban J connectivity index is 1.44. The van der Waals surface area contributed by atoms with Crippen molar-refractivity contribution < 1.29 is 4.74 Å². The molecule has 1 aliphatic rings. The number of nitriles is 1. The second kappa shape index (κ2) is 8.99. The van der Waals surface area contributed by atoms with Gasteiger partial charge in [-0.1, -0.05) is 30.3 Å². The zero-order valence-electron chi connectivity index (χ0n) is 21.3. The van der Waals surface area contributed by atoms with E-state index in [4.69, 9.17) is 19.8 Å². The second-order valence-electron chi connectivity index (χ2n) is 10.0. The molecule has 0 amide bonds. The van der Waals surface area contributed by atoms with E-state index in [0.29, 0.717) is 0 Å². The lowest BCUT2D eigenvalue weighted by Gasteiger charge is -2.27. The number of aromatic nitrogens is 4. The summed E-state index contributed by atoms with van der Waals surface area (Å²) in [4.78, 5) is 11.7. The summed E-state index contributed by atoms with van der Waals surface area (Å²) in [5, 5.41) is 16.5. The van der Waals surface area contributed by atoms with E-state index in [0.717, 1.165) is 81.9 Å². The Morgan fingerprint density at radius 2 is 1.62 bits per heavy atom. The second-order valence-corrected chi connectivity index (χ2v) is 10.0. The number of pyridine rings is 2. The number of benzene rings is 2. The predicted octanol–water partition coefficient (Wildman–Crippen LogP) is 5.49. The molecule has 7 nitrogen and oxygen atoms in total. The Morgan fingerprint density at radius 3 is 2.32 bits per heavy atom. The van der Waals surface area contributed by atoms with Crippen molar-refractivity contribution in [2.24, 2.45) is 7.05 Å². The van der Waals surface area contributed by atoms with Gasteiger partial charge in [0.2, 0.25) is 0 Å². The average Bonchev–Trinajstić information content (AvgIpc) is 3.30. The third-order valence-electron chi connectivity index (χ3n) is 7.26. The van der Waals surface area contributed by atoms with E-state index < -0.39 is 5.41 Å². The standard InChI is InChI=1S/C30H28N6O/c1-30(2,19-31)23-8-4-20(5-9-23)29-28-24-16-21(6-10-25(24)32-18-26(28)35(3)34-29)22-7-11-27(33-17-22)36-12-14-37-15-13-36/h4-11,16-18H,12-15H2,1-3H3. The van der Waals surface area contributed by atoms with Gasteiger partial charge in [-0.2, -0.15) is 10.4 Å². The normalized spacial score (nSPS) is 14.3. The number of hydrogen-bond acceptors (Lipinski definition) is 6. The van der Waals surface area contributed by atoms with Crippen LogP contribution in [0.4, 0.5) is 5.82 Å². The van der Waals surface area contributed by atoms with Crippen LogP contribution < -0.4 is 4.90 Å². The fourth-order valence-corrected chi connectivity index (χ4v) is 4.96. The van der Waals surface area contributed by atoms with Gasteiger partial charge in [0.05, 0.1) is 41.9 Å². The van der Waals surface area contributed by atoms with Gasteiger partial charge in [-0.15, -0.1) is 0 Å². The molecule has 5 aromatic rings. The first kappa shape index (κ1) is 23.1. The predicted molar refractivity (Wildman–Crippen MR) is 146 cm³/mol. The highest BCUT2D eigenvalue weighted by Crippen LogP contribution is 2.36. The number of morpholine rings is 1. The maximum atomic E-state index is 9.51. The molecule has 37 heavy (non-hydrogen) atoms. The number of rotatable bonds is 4. The van der Waals surface area contributed by atoms with E-state index in [2.05, 4.69) is 53.4 Å². The van der Waals surface area contributed by atoms with Gasteiger partial charge in [0, 0.05) is 48.2 Å². The van der Waals surface area contributed by atoms with Crippen LogP contribution in [0.2, 0.25) is 0 Å². The maximum Gasteiger partial charge on any atom is 0.128 e. The Kier molecular flexibility index (Phi) is 5.62. The van der Waals surface area contributed by atoms with Crippen LogP contribution in [0.3, 0.4) is 0 Å². The summed E-state index contributed by atoms with van der Waals surface area (Å²) in [5.74, 6) is 0.981. The van der Waals surface area contributed by atoms with Crippen LogP contribution >= 0.6 is 0 Å². The quantitative estimate of drug-likeness (QED) is 0.333. The highest BCUT2D eigenvalue weighted by atomic mass is 16.5. The summed E-state index contributed by atoms with van der Waals surface area (Å²) in [6.07, 6.45) is 3.83. The molecule has 0 bridgehead atoms. The minimum absolute atomic E-state index is 0.540. The van der Waals surface area contributed by atoms with E-state index in [-0.39, 0.29) is 0 Å². The minimum Gasteiger partial charge on any atom is -0.378 e. The summed E-state index contributed by atoms with van der Waals surface area (Å²) in [6.45, 7) is 7.07. The molecule has 184 valence electrons. The number of hydrogen-bond donors (Lipinski definition) is 0. The molecule has 4 heterocycles. The van der Waals surface area contributed by atoms with Crippen molar-refractivity contribution in [2.75, 3.05) is 31.2 Å². The van der Waals surface area contributed by atoms with Gasteiger partial charge >= 0.3 is 0 Å². The monoisotopic (exact) mass is 488 g/mol. The molecule has 1 aliphatic heterocycles. The molecular weight excluding hydrogens is 460 g/mol. The number of anilines is 1. The molecule has 0 atom stereocenters. The van der Waals surface area contributed by atoms with Crippen molar-refractivity contribution in [2.45, 2.75) is 19.3 Å². The molecular formula is C30H28N6O. The highest BCUT2D eigenvalue weighted by Gasteiger charge is 2.21. The molecule has 0 saturated carbocycles. The molecule has 0 spiro atoms. The fraction of sp³-hybridized carbons (Fsp3) is 0.267. The van der Waals surface area contributed by atoms with Gasteiger partial charge < -0.3 is 9.64 Å². The van der Waals surface area contributed by atoms with Crippen LogP contribution in [-0.4, -0.2) is 46.1 Å². The molecule has 6 rings (SSSR count). The molecule has 3 aromatic heterocycles. The van der Waals surface area contributed by atoms with Crippen LogP contribution in [0.15, 0.2) is 67.0 Å². The average molecular weight is 489 g/mol. The number of fused-ring (bicyclic) bond motifs is 3. The van der Waals surface area contributed by atoms with Crippen LogP contribution in [0, 0.1) is 11.3 Å².